The third-order valence-corrected chi connectivity index (χ3v) is 4.95. The molecule has 144 valence electrons. The average molecular weight is 400 g/mol. The smallest absolute Gasteiger partial charge is 0.269 e. The van der Waals surface area contributed by atoms with E-state index in [0.29, 0.717) is 28.5 Å². The number of rotatable bonds is 6. The van der Waals surface area contributed by atoms with Crippen molar-refractivity contribution in [1.29, 1.82) is 0 Å². The summed E-state index contributed by atoms with van der Waals surface area (Å²) in [7, 11) is 1.45. The van der Waals surface area contributed by atoms with Crippen molar-refractivity contribution >= 4 is 34.7 Å². The van der Waals surface area contributed by atoms with Gasteiger partial charge >= 0.3 is 0 Å². The maximum Gasteiger partial charge on any atom is 0.269 e. The molecule has 1 aliphatic rings. The maximum absolute atomic E-state index is 12.1. The highest BCUT2D eigenvalue weighted by molar-refractivity contribution is 8.15. The van der Waals surface area contributed by atoms with Crippen molar-refractivity contribution in [3.63, 3.8) is 0 Å². The largest absolute Gasteiger partial charge is 0.504 e. The van der Waals surface area contributed by atoms with Gasteiger partial charge in [0.15, 0.2) is 16.7 Å². The van der Waals surface area contributed by atoms with E-state index < -0.39 is 10.2 Å². The van der Waals surface area contributed by atoms with Gasteiger partial charge in [0.05, 0.1) is 23.5 Å². The van der Waals surface area contributed by atoms with E-state index in [9.17, 15) is 20.0 Å². The summed E-state index contributed by atoms with van der Waals surface area (Å²) in [4.78, 5) is 22.5. The van der Waals surface area contributed by atoms with E-state index >= 15 is 0 Å². The highest BCUT2D eigenvalue weighted by Crippen LogP contribution is 2.26. The van der Waals surface area contributed by atoms with E-state index in [1.807, 2.05) is 0 Å². The number of phenolic OH excluding ortho intramolecular Hbond substituents is 1. The van der Waals surface area contributed by atoms with E-state index in [1.54, 1.807) is 24.3 Å². The van der Waals surface area contributed by atoms with Crippen LogP contribution in [-0.4, -0.2) is 39.7 Å². The first kappa shape index (κ1) is 19.4. The monoisotopic (exact) mass is 400 g/mol. The van der Waals surface area contributed by atoms with E-state index in [4.69, 9.17) is 4.74 Å². The number of carbonyl (C=O) groups excluding carboxylic acids is 1. The molecule has 9 nitrogen and oxygen atoms in total. The molecule has 0 aliphatic carbocycles. The number of amides is 1. The lowest BCUT2D eigenvalue weighted by Gasteiger charge is -2.04. The lowest BCUT2D eigenvalue weighted by Crippen LogP contribution is -2.25. The average Bonchev–Trinajstić information content (AvgIpc) is 3.02. The Kier molecular flexibility index (Phi) is 5.90. The Labute approximate surface area is 164 Å². The van der Waals surface area contributed by atoms with Crippen LogP contribution in [0.3, 0.4) is 0 Å². The summed E-state index contributed by atoms with van der Waals surface area (Å²) in [6, 6.07) is 10.9. The summed E-state index contributed by atoms with van der Waals surface area (Å²) in [6.45, 7) is 0. The minimum Gasteiger partial charge on any atom is -0.504 e. The van der Waals surface area contributed by atoms with Crippen molar-refractivity contribution in [2.45, 2.75) is 11.7 Å². The molecule has 1 amide bonds. The van der Waals surface area contributed by atoms with E-state index in [1.165, 1.54) is 43.3 Å². The zero-order valence-electron chi connectivity index (χ0n) is 14.7. The van der Waals surface area contributed by atoms with Crippen LogP contribution in [0, 0.1) is 10.1 Å². The molecule has 1 aliphatic heterocycles. The van der Waals surface area contributed by atoms with Gasteiger partial charge in [0, 0.05) is 12.1 Å². The van der Waals surface area contributed by atoms with Gasteiger partial charge in [0.25, 0.3) is 5.69 Å². The van der Waals surface area contributed by atoms with Crippen molar-refractivity contribution < 1.29 is 19.6 Å². The van der Waals surface area contributed by atoms with Gasteiger partial charge in [-0.1, -0.05) is 23.9 Å². The molecule has 0 radical (unpaired) electrons. The molecule has 2 aromatic carbocycles. The minimum absolute atomic E-state index is 0.0104. The minimum atomic E-state index is -0.467. The summed E-state index contributed by atoms with van der Waals surface area (Å²) >= 11 is 1.21. The van der Waals surface area contributed by atoms with Gasteiger partial charge in [-0.2, -0.15) is 5.10 Å². The molecule has 0 bridgehead atoms. The summed E-state index contributed by atoms with van der Waals surface area (Å²) in [5, 5.41) is 30.9. The first-order chi connectivity index (χ1) is 13.5. The number of nitro groups is 1. The molecule has 10 heteroatoms. The summed E-state index contributed by atoms with van der Waals surface area (Å²) in [5.41, 5.74) is 1.35. The lowest BCUT2D eigenvalue weighted by molar-refractivity contribution is -0.384. The molecule has 3 rings (SSSR count). The molecule has 2 N–H and O–H groups in total. The SMILES string of the molecule is COc1cc(/C=N/N=C2\NC(=O)C(Cc3cccc([N+](=O)[O-])c3)S2)ccc1O. The number of amidine groups is 1. The number of nitrogens with one attached hydrogen (secondary N) is 1. The van der Waals surface area contributed by atoms with Gasteiger partial charge in [0.2, 0.25) is 5.91 Å². The molecule has 1 atom stereocenters. The van der Waals surface area contributed by atoms with Gasteiger partial charge < -0.3 is 15.2 Å². The Morgan fingerprint density at radius 2 is 2.18 bits per heavy atom. The standard InChI is InChI=1S/C18H16N4O5S/c1-27-15-8-12(5-6-14(15)23)10-19-21-18-20-17(24)16(28-18)9-11-3-2-4-13(7-11)22(25)26/h2-8,10,16,23H,9H2,1H3,(H,20,21,24)/b19-10+. The molecule has 1 fully saturated rings. The van der Waals surface area contributed by atoms with E-state index in [0.717, 1.165) is 0 Å². The number of thioether (sulfide) groups is 1. The third-order valence-electron chi connectivity index (χ3n) is 3.88. The van der Waals surface area contributed by atoms with Crippen LogP contribution in [0.15, 0.2) is 52.7 Å². The quantitative estimate of drug-likeness (QED) is 0.436. The molecule has 0 saturated carbocycles. The van der Waals surface area contributed by atoms with Gasteiger partial charge in [-0.3, -0.25) is 14.9 Å². The van der Waals surface area contributed by atoms with Crippen molar-refractivity contribution in [3.8, 4) is 11.5 Å². The Hall–Kier alpha value is -3.40. The zero-order chi connectivity index (χ0) is 20.1. The van der Waals surface area contributed by atoms with E-state index in [2.05, 4.69) is 15.5 Å². The van der Waals surface area contributed by atoms with Crippen molar-refractivity contribution in [3.05, 3.63) is 63.7 Å². The van der Waals surface area contributed by atoms with Crippen LogP contribution in [0.2, 0.25) is 0 Å². The Morgan fingerprint density at radius 1 is 1.36 bits per heavy atom. The fourth-order valence-electron chi connectivity index (χ4n) is 2.52. The molecule has 0 spiro atoms. The van der Waals surface area contributed by atoms with Gasteiger partial charge in [-0.15, -0.1) is 5.10 Å². The first-order valence-electron chi connectivity index (χ1n) is 8.15. The maximum atomic E-state index is 12.1. The van der Waals surface area contributed by atoms with Crippen LogP contribution in [-0.2, 0) is 11.2 Å². The predicted octanol–water partition coefficient (Wildman–Crippen LogP) is 2.47. The van der Waals surface area contributed by atoms with Crippen LogP contribution < -0.4 is 10.1 Å². The molecular weight excluding hydrogens is 384 g/mol. The van der Waals surface area contributed by atoms with Crippen LogP contribution in [0.1, 0.15) is 11.1 Å². The van der Waals surface area contributed by atoms with Crippen LogP contribution in [0.5, 0.6) is 11.5 Å². The number of benzene rings is 2. The second-order valence-corrected chi connectivity index (χ2v) is 7.00. The number of hydrogen-bond acceptors (Lipinski definition) is 8. The highest BCUT2D eigenvalue weighted by atomic mass is 32.2. The Balaban J connectivity index is 1.65. The lowest BCUT2D eigenvalue weighted by atomic mass is 10.1. The van der Waals surface area contributed by atoms with Crippen molar-refractivity contribution in [2.24, 2.45) is 10.2 Å². The number of nitrogens with zero attached hydrogens (tertiary/aromatic N) is 3. The first-order valence-corrected chi connectivity index (χ1v) is 9.03. The number of methoxy groups -OCH3 is 1. The van der Waals surface area contributed by atoms with Crippen molar-refractivity contribution in [1.82, 2.24) is 5.32 Å². The molecule has 1 unspecified atom stereocenters. The van der Waals surface area contributed by atoms with Gasteiger partial charge in [-0.05, 0) is 35.7 Å². The number of carbonyl (C=O) groups is 1. The molecule has 0 aromatic heterocycles. The van der Waals surface area contributed by atoms with Gasteiger partial charge in [-0.25, -0.2) is 0 Å². The Morgan fingerprint density at radius 3 is 2.93 bits per heavy atom. The molecular formula is C18H16N4O5S. The summed E-state index contributed by atoms with van der Waals surface area (Å²) in [5.74, 6) is 0.113. The normalized spacial score (nSPS) is 17.8. The number of non-ortho nitro benzene ring substituents is 1. The second kappa shape index (κ2) is 8.53. The van der Waals surface area contributed by atoms with Crippen LogP contribution in [0.25, 0.3) is 0 Å². The summed E-state index contributed by atoms with van der Waals surface area (Å²) < 4.78 is 5.02. The summed E-state index contributed by atoms with van der Waals surface area (Å²) in [6.07, 6.45) is 1.81. The van der Waals surface area contributed by atoms with Crippen molar-refractivity contribution in [2.75, 3.05) is 7.11 Å². The molecule has 2 aromatic rings. The fraction of sp³-hybridized carbons (Fsp3) is 0.167. The number of hydrogen-bond donors (Lipinski definition) is 2. The Bertz CT molecular complexity index is 976. The zero-order valence-corrected chi connectivity index (χ0v) is 15.5. The van der Waals surface area contributed by atoms with Crippen LogP contribution >= 0.6 is 11.8 Å². The predicted molar refractivity (Wildman–Crippen MR) is 106 cm³/mol. The fourth-order valence-corrected chi connectivity index (χ4v) is 3.49. The second-order valence-electron chi connectivity index (χ2n) is 5.81. The number of aromatic hydroxyl groups is 1. The third kappa shape index (κ3) is 4.65. The topological polar surface area (TPSA) is 126 Å². The molecule has 1 saturated heterocycles. The molecule has 1 heterocycles. The van der Waals surface area contributed by atoms with E-state index in [-0.39, 0.29) is 17.3 Å². The van der Waals surface area contributed by atoms with Gasteiger partial charge in [0.1, 0.15) is 0 Å². The highest BCUT2D eigenvalue weighted by Gasteiger charge is 2.30. The molecule has 28 heavy (non-hydrogen) atoms. The number of ether oxygens (including phenoxy) is 1. The number of phenols is 1. The van der Waals surface area contributed by atoms with Crippen LogP contribution in [0.4, 0.5) is 5.69 Å². The number of nitro benzene ring substituents is 1.